The Hall–Kier alpha value is -3.20. The molecule has 0 aliphatic carbocycles. The second-order valence-electron chi connectivity index (χ2n) is 7.25. The van der Waals surface area contributed by atoms with Gasteiger partial charge in [0.15, 0.2) is 5.13 Å². The Labute approximate surface area is 202 Å². The van der Waals surface area contributed by atoms with Crippen LogP contribution in [0.5, 0.6) is 5.75 Å². The first-order valence-electron chi connectivity index (χ1n) is 10.1. The van der Waals surface area contributed by atoms with Gasteiger partial charge in [0.05, 0.1) is 22.4 Å². The highest BCUT2D eigenvalue weighted by atomic mass is 35.5. The van der Waals surface area contributed by atoms with Crippen molar-refractivity contribution in [3.63, 3.8) is 0 Å². The van der Waals surface area contributed by atoms with E-state index in [1.165, 1.54) is 27.6 Å². The number of aliphatic hydroxyl groups excluding tert-OH is 1. The van der Waals surface area contributed by atoms with Crippen molar-refractivity contribution in [2.45, 2.75) is 13.0 Å². The van der Waals surface area contributed by atoms with Crippen molar-refractivity contribution in [3.05, 3.63) is 81.0 Å². The van der Waals surface area contributed by atoms with Gasteiger partial charge in [0.2, 0.25) is 0 Å². The highest BCUT2D eigenvalue weighted by molar-refractivity contribution is 7.22. The van der Waals surface area contributed by atoms with Crippen molar-refractivity contribution < 1.29 is 19.4 Å². The molecule has 1 unspecified atom stereocenters. The lowest BCUT2D eigenvalue weighted by Gasteiger charge is -2.21. The summed E-state index contributed by atoms with van der Waals surface area (Å²) in [6, 6.07) is 14.9. The van der Waals surface area contributed by atoms with Gasteiger partial charge in [-0.2, -0.15) is 0 Å². The van der Waals surface area contributed by atoms with E-state index in [-0.39, 0.29) is 11.3 Å². The molecule has 166 valence electrons. The first-order valence-corrected chi connectivity index (χ1v) is 12.2. The van der Waals surface area contributed by atoms with Crippen molar-refractivity contribution in [2.24, 2.45) is 0 Å². The number of thiazole rings is 1. The van der Waals surface area contributed by atoms with Crippen LogP contribution in [0.15, 0.2) is 65.6 Å². The molecule has 1 atom stereocenters. The van der Waals surface area contributed by atoms with Gasteiger partial charge < -0.3 is 9.84 Å². The number of fused-ring (bicyclic) bond motifs is 1. The van der Waals surface area contributed by atoms with Crippen LogP contribution in [0.25, 0.3) is 16.0 Å². The van der Waals surface area contributed by atoms with Crippen LogP contribution < -0.4 is 9.64 Å². The number of aliphatic hydroxyl groups is 1. The average Bonchev–Trinajstić information content (AvgIpc) is 3.53. The fourth-order valence-electron chi connectivity index (χ4n) is 3.77. The summed E-state index contributed by atoms with van der Waals surface area (Å²) in [5.74, 6) is -1.07. The predicted molar refractivity (Wildman–Crippen MR) is 131 cm³/mol. The fourth-order valence-corrected chi connectivity index (χ4v) is 5.86. The summed E-state index contributed by atoms with van der Waals surface area (Å²) >= 11 is 8.78. The average molecular weight is 497 g/mol. The number of halogens is 1. The van der Waals surface area contributed by atoms with E-state index >= 15 is 0 Å². The summed E-state index contributed by atoms with van der Waals surface area (Å²) < 4.78 is 6.26. The molecule has 33 heavy (non-hydrogen) atoms. The highest BCUT2D eigenvalue weighted by Gasteiger charge is 2.48. The number of ketones is 1. The van der Waals surface area contributed by atoms with Gasteiger partial charge in [-0.15, -0.1) is 11.3 Å². The smallest absolute Gasteiger partial charge is 0.301 e. The Kier molecular flexibility index (Phi) is 5.65. The van der Waals surface area contributed by atoms with E-state index in [1.54, 1.807) is 42.5 Å². The van der Waals surface area contributed by atoms with Gasteiger partial charge in [0.25, 0.3) is 5.78 Å². The van der Waals surface area contributed by atoms with Crippen LogP contribution in [0.2, 0.25) is 5.02 Å². The molecule has 6 nitrogen and oxygen atoms in total. The molecule has 0 radical (unpaired) electrons. The van der Waals surface area contributed by atoms with Crippen LogP contribution in [0, 0.1) is 0 Å². The minimum atomic E-state index is -0.785. The lowest BCUT2D eigenvalue weighted by molar-refractivity contribution is -0.132. The summed E-state index contributed by atoms with van der Waals surface area (Å²) in [5.41, 5.74) is 1.13. The van der Waals surface area contributed by atoms with E-state index < -0.39 is 17.7 Å². The first kappa shape index (κ1) is 21.6. The third kappa shape index (κ3) is 3.80. The van der Waals surface area contributed by atoms with E-state index in [0.717, 1.165) is 9.58 Å². The number of hydrogen-bond acceptors (Lipinski definition) is 7. The molecular formula is C24H17ClN2O4S2. The number of anilines is 1. The number of thiophene rings is 1. The largest absolute Gasteiger partial charge is 0.507 e. The zero-order valence-electron chi connectivity index (χ0n) is 17.3. The number of amides is 1. The molecular weight excluding hydrogens is 480 g/mol. The molecule has 0 spiro atoms. The molecule has 1 fully saturated rings. The van der Waals surface area contributed by atoms with Gasteiger partial charge >= 0.3 is 5.91 Å². The molecule has 9 heteroatoms. The minimum Gasteiger partial charge on any atom is -0.507 e. The Bertz CT molecular complexity index is 1390. The zero-order valence-corrected chi connectivity index (χ0v) is 19.7. The predicted octanol–water partition coefficient (Wildman–Crippen LogP) is 6.04. The molecule has 1 saturated heterocycles. The number of rotatable bonds is 5. The van der Waals surface area contributed by atoms with Gasteiger partial charge in [-0.05, 0) is 60.8 Å². The van der Waals surface area contributed by atoms with Crippen LogP contribution in [-0.2, 0) is 9.59 Å². The van der Waals surface area contributed by atoms with Gasteiger partial charge in [-0.1, -0.05) is 29.0 Å². The van der Waals surface area contributed by atoms with Crippen molar-refractivity contribution in [2.75, 3.05) is 11.5 Å². The third-order valence-electron chi connectivity index (χ3n) is 5.24. The van der Waals surface area contributed by atoms with Crippen molar-refractivity contribution in [1.29, 1.82) is 0 Å². The lowest BCUT2D eigenvalue weighted by atomic mass is 10.00. The van der Waals surface area contributed by atoms with E-state index in [4.69, 9.17) is 16.3 Å². The van der Waals surface area contributed by atoms with Crippen LogP contribution >= 0.6 is 34.3 Å². The molecule has 0 bridgehead atoms. The minimum absolute atomic E-state index is 0.0314. The number of hydrogen-bond donors (Lipinski definition) is 1. The number of carbonyl (C=O) groups excluding carboxylic acids is 2. The van der Waals surface area contributed by atoms with E-state index in [1.807, 2.05) is 24.4 Å². The summed E-state index contributed by atoms with van der Waals surface area (Å²) in [5, 5.41) is 13.9. The second kappa shape index (κ2) is 8.62. The summed E-state index contributed by atoms with van der Waals surface area (Å²) in [7, 11) is 0. The Morgan fingerprint density at radius 3 is 2.67 bits per heavy atom. The van der Waals surface area contributed by atoms with Gasteiger partial charge in [0.1, 0.15) is 17.6 Å². The van der Waals surface area contributed by atoms with Crippen LogP contribution in [0.3, 0.4) is 0 Å². The monoisotopic (exact) mass is 496 g/mol. The number of Topliss-reactive ketones (excluding diaryl/α,β-unsaturated/α-hetero) is 1. The topological polar surface area (TPSA) is 79.7 Å². The molecule has 1 aliphatic heterocycles. The SMILES string of the molecule is CCOc1ccc(/C(O)=C2\C(=O)C(=O)N(c3nc4ccc(Cl)cc4s3)C2c2cccs2)cc1. The molecule has 1 aliphatic rings. The molecule has 0 saturated carbocycles. The Morgan fingerprint density at radius 1 is 1.18 bits per heavy atom. The zero-order chi connectivity index (χ0) is 23.1. The maximum Gasteiger partial charge on any atom is 0.301 e. The quantitative estimate of drug-likeness (QED) is 0.207. The summed E-state index contributed by atoms with van der Waals surface area (Å²) in [6.07, 6.45) is 0. The standard InChI is InChI=1S/C24H17ClN2O4S2/c1-2-31-15-8-5-13(6-9-15)21(28)19-20(17-4-3-11-32-17)27(23(30)22(19)29)24-26-16-10-7-14(25)12-18(16)33-24/h3-12,20,28H,2H2,1H3/b21-19+. The Morgan fingerprint density at radius 2 is 1.97 bits per heavy atom. The summed E-state index contributed by atoms with van der Waals surface area (Å²) in [4.78, 5) is 33.1. The number of aromatic nitrogens is 1. The molecule has 2 aromatic carbocycles. The van der Waals surface area contributed by atoms with Crippen molar-refractivity contribution in [1.82, 2.24) is 4.98 Å². The fraction of sp³-hybridized carbons (Fsp3) is 0.125. The van der Waals surface area contributed by atoms with E-state index in [2.05, 4.69) is 4.98 Å². The lowest BCUT2D eigenvalue weighted by Crippen LogP contribution is -2.28. The number of carbonyl (C=O) groups is 2. The molecule has 2 aromatic heterocycles. The van der Waals surface area contributed by atoms with E-state index in [9.17, 15) is 14.7 Å². The van der Waals surface area contributed by atoms with Crippen LogP contribution in [0.1, 0.15) is 23.4 Å². The van der Waals surface area contributed by atoms with Crippen molar-refractivity contribution >= 4 is 67.1 Å². The van der Waals surface area contributed by atoms with Crippen LogP contribution in [0.4, 0.5) is 5.13 Å². The number of nitrogens with zero attached hydrogens (tertiary/aromatic N) is 2. The van der Waals surface area contributed by atoms with Gasteiger partial charge in [-0.25, -0.2) is 4.98 Å². The molecule has 1 N–H and O–H groups in total. The normalized spacial score (nSPS) is 17.8. The van der Waals surface area contributed by atoms with Gasteiger partial charge in [-0.3, -0.25) is 14.5 Å². The molecule has 5 rings (SSSR count). The van der Waals surface area contributed by atoms with E-state index in [0.29, 0.717) is 33.6 Å². The third-order valence-corrected chi connectivity index (χ3v) is 7.42. The van der Waals surface area contributed by atoms with Crippen LogP contribution in [-0.4, -0.2) is 28.4 Å². The molecule has 1 amide bonds. The highest BCUT2D eigenvalue weighted by Crippen LogP contribution is 2.45. The maximum absolute atomic E-state index is 13.2. The van der Waals surface area contributed by atoms with Crippen molar-refractivity contribution in [3.8, 4) is 5.75 Å². The second-order valence-corrected chi connectivity index (χ2v) is 9.68. The first-order chi connectivity index (χ1) is 16.0. The summed E-state index contributed by atoms with van der Waals surface area (Å²) in [6.45, 7) is 2.40. The molecule has 3 heterocycles. The maximum atomic E-state index is 13.2. The number of ether oxygens (including phenoxy) is 1. The Balaban J connectivity index is 1.65. The molecule has 4 aromatic rings. The van der Waals surface area contributed by atoms with Gasteiger partial charge in [0, 0.05) is 15.5 Å². The number of benzene rings is 2.